The normalized spacial score (nSPS) is 13.7. The Morgan fingerprint density at radius 3 is 1.68 bits per heavy atom. The summed E-state index contributed by atoms with van der Waals surface area (Å²) in [7, 11) is 0. The minimum atomic E-state index is -0.128. The van der Waals surface area contributed by atoms with Crippen LogP contribution in [0, 0.1) is 0 Å². The third kappa shape index (κ3) is 4.81. The molecule has 2 aromatic heterocycles. The van der Waals surface area contributed by atoms with Crippen LogP contribution < -0.4 is 52.1 Å². The number of benzene rings is 10. The third-order valence-corrected chi connectivity index (χ3v) is 16.0. The van der Waals surface area contributed by atoms with E-state index in [9.17, 15) is 0 Å². The smallest absolute Gasteiger partial charge is 0.256 e. The first-order chi connectivity index (χ1) is 33.8. The molecule has 0 saturated heterocycles. The van der Waals surface area contributed by atoms with Gasteiger partial charge in [-0.25, -0.2) is 0 Å². The van der Waals surface area contributed by atoms with Gasteiger partial charge in [-0.05, 0) is 99.5 Å². The molecule has 4 aliphatic heterocycles. The van der Waals surface area contributed by atoms with E-state index >= 15 is 0 Å². The maximum atomic E-state index is 7.48. The van der Waals surface area contributed by atoms with Gasteiger partial charge in [0.1, 0.15) is 23.0 Å². The highest BCUT2D eigenvalue weighted by molar-refractivity contribution is 7.26. The summed E-state index contributed by atoms with van der Waals surface area (Å²) >= 11 is 1.83. The lowest BCUT2D eigenvalue weighted by atomic mass is 9.31. The monoisotopic (exact) mass is 883 g/mol. The Bertz CT molecular complexity index is 4130. The van der Waals surface area contributed by atoms with Crippen molar-refractivity contribution in [3.8, 4) is 28.7 Å². The van der Waals surface area contributed by atoms with Crippen LogP contribution in [0.15, 0.2) is 212 Å². The molecule has 314 valence electrons. The predicted molar refractivity (Wildman–Crippen MR) is 285 cm³/mol. The molecule has 68 heavy (non-hydrogen) atoms. The van der Waals surface area contributed by atoms with E-state index in [2.05, 4.69) is 227 Å². The van der Waals surface area contributed by atoms with E-state index in [4.69, 9.17) is 9.47 Å². The molecule has 0 atom stereocenters. The molecule has 8 heteroatoms. The molecule has 0 bridgehead atoms. The number of anilines is 6. The van der Waals surface area contributed by atoms with Crippen LogP contribution in [0.2, 0.25) is 0 Å². The van der Waals surface area contributed by atoms with Crippen molar-refractivity contribution < 1.29 is 9.47 Å². The average molecular weight is 884 g/mol. The molecule has 0 spiro atoms. The number of nitrogens with zero attached hydrogens (tertiary/aromatic N) is 3. The third-order valence-electron chi connectivity index (χ3n) is 14.8. The van der Waals surface area contributed by atoms with Gasteiger partial charge >= 0.3 is 0 Å². The van der Waals surface area contributed by atoms with E-state index < -0.39 is 0 Å². The van der Waals surface area contributed by atoms with Crippen molar-refractivity contribution in [2.24, 2.45) is 0 Å². The van der Waals surface area contributed by atoms with Gasteiger partial charge in [-0.3, -0.25) is 0 Å². The van der Waals surface area contributed by atoms with Gasteiger partial charge in [0.15, 0.2) is 0 Å². The number of hydrogen-bond donors (Lipinski definition) is 0. The summed E-state index contributed by atoms with van der Waals surface area (Å²) in [6.45, 7) is -0.225. The highest BCUT2D eigenvalue weighted by Crippen LogP contribution is 2.51. The summed E-state index contributed by atoms with van der Waals surface area (Å²) in [6.07, 6.45) is 0. The second-order valence-corrected chi connectivity index (χ2v) is 19.4. The molecule has 12 aromatic rings. The van der Waals surface area contributed by atoms with E-state index in [0.29, 0.717) is 0 Å². The lowest BCUT2D eigenvalue weighted by molar-refractivity contribution is 0.468. The Morgan fingerprint density at radius 2 is 0.941 bits per heavy atom. The van der Waals surface area contributed by atoms with Crippen molar-refractivity contribution in [2.45, 2.75) is 0 Å². The quantitative estimate of drug-likeness (QED) is 0.165. The van der Waals surface area contributed by atoms with Gasteiger partial charge in [-0.15, -0.1) is 11.3 Å². The van der Waals surface area contributed by atoms with Gasteiger partial charge in [0, 0.05) is 77.2 Å². The number of thiophene rings is 1. The van der Waals surface area contributed by atoms with Gasteiger partial charge in [0.2, 0.25) is 0 Å². The van der Waals surface area contributed by atoms with Crippen molar-refractivity contribution in [3.63, 3.8) is 0 Å². The molecule has 0 aliphatic carbocycles. The summed E-state index contributed by atoms with van der Waals surface area (Å²) in [5.74, 6) is 3.43. The zero-order valence-corrected chi connectivity index (χ0v) is 37.2. The fourth-order valence-corrected chi connectivity index (χ4v) is 13.3. The van der Waals surface area contributed by atoms with Crippen LogP contribution in [0.5, 0.6) is 23.0 Å². The number of ether oxygens (including phenoxy) is 2. The number of para-hydroxylation sites is 6. The SMILES string of the molecule is c1ccc(N2c3ccccc3B3c4cc5c(cc4Oc4c3c2cc2sc3ccccc3c42)Oc2cc3c(c4c2B5c2ccccc2N4c2ccccc2)c2ccccc2n3-c2ccccc2)cc1. The minimum Gasteiger partial charge on any atom is -0.458 e. The molecule has 0 amide bonds. The van der Waals surface area contributed by atoms with Crippen LogP contribution in [0.1, 0.15) is 0 Å². The molecule has 0 N–H and O–H groups in total. The van der Waals surface area contributed by atoms with Gasteiger partial charge in [-0.2, -0.15) is 0 Å². The second kappa shape index (κ2) is 13.6. The molecule has 6 heterocycles. The fourth-order valence-electron chi connectivity index (χ4n) is 12.2. The highest BCUT2D eigenvalue weighted by atomic mass is 32.1. The molecule has 16 rings (SSSR count). The van der Waals surface area contributed by atoms with Gasteiger partial charge in [0.05, 0.1) is 16.7 Å². The summed E-state index contributed by atoms with van der Waals surface area (Å²) in [6, 6.07) is 77.3. The van der Waals surface area contributed by atoms with Crippen LogP contribution in [0.25, 0.3) is 47.7 Å². The fraction of sp³-hybridized carbons (Fsp3) is 0. The summed E-state index contributed by atoms with van der Waals surface area (Å²) in [5.41, 5.74) is 17.4. The van der Waals surface area contributed by atoms with E-state index in [1.807, 2.05) is 11.3 Å². The Balaban J connectivity index is 1.00. The molecular weight excluding hydrogens is 848 g/mol. The summed E-state index contributed by atoms with van der Waals surface area (Å²) < 4.78 is 19.8. The lowest BCUT2D eigenvalue weighted by Gasteiger charge is -2.42. The van der Waals surface area contributed by atoms with Crippen molar-refractivity contribution in [1.82, 2.24) is 4.57 Å². The molecule has 10 aromatic carbocycles. The Hall–Kier alpha value is -8.45. The largest absolute Gasteiger partial charge is 0.458 e. The molecule has 5 nitrogen and oxygen atoms in total. The number of rotatable bonds is 3. The minimum absolute atomic E-state index is 0.0971. The van der Waals surface area contributed by atoms with E-state index in [1.54, 1.807) is 0 Å². The number of aromatic nitrogens is 1. The zero-order chi connectivity index (χ0) is 44.2. The molecule has 0 saturated carbocycles. The average Bonchev–Trinajstić information content (AvgIpc) is 3.94. The first-order valence-electron chi connectivity index (χ1n) is 23.3. The number of fused-ring (bicyclic) bond motifs is 16. The van der Waals surface area contributed by atoms with Crippen molar-refractivity contribution >= 4 is 134 Å². The predicted octanol–water partition coefficient (Wildman–Crippen LogP) is 12.0. The van der Waals surface area contributed by atoms with Crippen molar-refractivity contribution in [2.75, 3.05) is 9.80 Å². The van der Waals surface area contributed by atoms with Crippen LogP contribution in [0.4, 0.5) is 34.1 Å². The number of hydrogen-bond acceptors (Lipinski definition) is 5. The second-order valence-electron chi connectivity index (χ2n) is 18.3. The summed E-state index contributed by atoms with van der Waals surface area (Å²) in [5, 5.41) is 4.78. The van der Waals surface area contributed by atoms with E-state index in [-0.39, 0.29) is 13.4 Å². The highest BCUT2D eigenvalue weighted by Gasteiger charge is 2.48. The van der Waals surface area contributed by atoms with Crippen LogP contribution >= 0.6 is 11.3 Å². The van der Waals surface area contributed by atoms with Crippen molar-refractivity contribution in [3.05, 3.63) is 212 Å². The zero-order valence-electron chi connectivity index (χ0n) is 36.4. The van der Waals surface area contributed by atoms with Crippen LogP contribution in [-0.2, 0) is 0 Å². The topological polar surface area (TPSA) is 29.9 Å². The summed E-state index contributed by atoms with van der Waals surface area (Å²) in [4.78, 5) is 4.93. The first kappa shape index (κ1) is 36.7. The molecule has 0 fully saturated rings. The maximum Gasteiger partial charge on any atom is 0.256 e. The Kier molecular flexibility index (Phi) is 7.33. The van der Waals surface area contributed by atoms with Crippen LogP contribution in [-0.4, -0.2) is 18.0 Å². The Labute approximate surface area is 396 Å². The maximum absolute atomic E-state index is 7.48. The lowest BCUT2D eigenvalue weighted by Crippen LogP contribution is -2.63. The molecule has 4 aliphatic rings. The van der Waals surface area contributed by atoms with Gasteiger partial charge < -0.3 is 23.8 Å². The van der Waals surface area contributed by atoms with Gasteiger partial charge in [-0.1, -0.05) is 133 Å². The van der Waals surface area contributed by atoms with Crippen LogP contribution in [0.3, 0.4) is 0 Å². The molecular formula is C60H35B2N3O2S. The van der Waals surface area contributed by atoms with E-state index in [1.165, 1.54) is 58.5 Å². The van der Waals surface area contributed by atoms with Gasteiger partial charge in [0.25, 0.3) is 13.4 Å². The first-order valence-corrected chi connectivity index (χ1v) is 24.1. The standard InChI is InChI=1S/C60H35B2N3O2S/c1-4-18-36(19-5-1)63-45-28-14-10-24-39(45)55-48(63)33-52-58-59(55)65(38-22-8-3-9-23-38)47-30-16-13-27-42(47)62(58)43-32-44-51(35-50(43)66-52)67-60-56-40-25-11-17-31-53(40)68-54(56)34-49-57(60)61(44)41-26-12-15-29-46(41)64(49)37-20-6-2-7-21-37/h1-35H. The van der Waals surface area contributed by atoms with E-state index in [0.717, 1.165) is 79.1 Å². The Morgan fingerprint density at radius 1 is 0.368 bits per heavy atom. The van der Waals surface area contributed by atoms with Crippen molar-refractivity contribution in [1.29, 1.82) is 0 Å². The molecule has 0 unspecified atom stereocenters. The molecule has 0 radical (unpaired) electrons.